The topological polar surface area (TPSA) is 38.3 Å². The molecule has 4 heteroatoms. The summed E-state index contributed by atoms with van der Waals surface area (Å²) in [7, 11) is 0. The minimum absolute atomic E-state index is 0.284. The van der Waals surface area contributed by atoms with Gasteiger partial charge in [0.1, 0.15) is 11.4 Å². The van der Waals surface area contributed by atoms with Gasteiger partial charge in [-0.1, -0.05) is 13.8 Å². The molecule has 1 atom stereocenters. The van der Waals surface area contributed by atoms with Gasteiger partial charge in [0.25, 0.3) is 0 Å². The highest BCUT2D eigenvalue weighted by Gasteiger charge is 2.35. The molecule has 0 heterocycles. The minimum Gasteiger partial charge on any atom is -0.464 e. The molecule has 1 aromatic rings. The average Bonchev–Trinajstić information content (AvgIpc) is 2.31. The van der Waals surface area contributed by atoms with Crippen LogP contribution in [0.25, 0.3) is 0 Å². The van der Waals surface area contributed by atoms with Crippen LogP contribution in [0, 0.1) is 11.7 Å². The molecule has 0 radical (unpaired) electrons. The lowest BCUT2D eigenvalue weighted by atomic mass is 9.90. The van der Waals surface area contributed by atoms with Gasteiger partial charge in [-0.3, -0.25) is 0 Å². The largest absolute Gasteiger partial charge is 0.464 e. The Bertz CT molecular complexity index is 417. The number of rotatable bonds is 6. The average molecular weight is 267 g/mol. The molecule has 0 saturated carbocycles. The molecule has 0 saturated heterocycles. The molecule has 106 valence electrons. The Morgan fingerprint density at radius 3 is 2.42 bits per heavy atom. The smallest absolute Gasteiger partial charge is 0.331 e. The number of hydrogen-bond acceptors (Lipinski definition) is 3. The van der Waals surface area contributed by atoms with E-state index in [2.05, 4.69) is 5.32 Å². The highest BCUT2D eigenvalue weighted by molar-refractivity contribution is 5.84. The fraction of sp³-hybridized carbons (Fsp3) is 0.533. The maximum Gasteiger partial charge on any atom is 0.331 e. The summed E-state index contributed by atoms with van der Waals surface area (Å²) in [5.41, 5.74) is -0.0975. The van der Waals surface area contributed by atoms with E-state index in [0.717, 1.165) is 0 Å². The molecule has 0 aliphatic heterocycles. The molecule has 1 N–H and O–H groups in total. The Labute approximate surface area is 114 Å². The van der Waals surface area contributed by atoms with E-state index in [1.165, 1.54) is 12.1 Å². The van der Waals surface area contributed by atoms with Gasteiger partial charge in [-0.2, -0.15) is 0 Å². The first-order valence-corrected chi connectivity index (χ1v) is 6.58. The van der Waals surface area contributed by atoms with Gasteiger partial charge >= 0.3 is 5.97 Å². The lowest BCUT2D eigenvalue weighted by Crippen LogP contribution is -2.45. The summed E-state index contributed by atoms with van der Waals surface area (Å²) in [6.45, 7) is 8.03. The Hall–Kier alpha value is -1.58. The first-order chi connectivity index (χ1) is 8.87. The van der Waals surface area contributed by atoms with Crippen molar-refractivity contribution >= 4 is 11.7 Å². The number of anilines is 1. The summed E-state index contributed by atoms with van der Waals surface area (Å²) >= 11 is 0. The highest BCUT2D eigenvalue weighted by atomic mass is 19.1. The molecule has 0 aliphatic rings. The quantitative estimate of drug-likeness (QED) is 0.800. The Morgan fingerprint density at radius 1 is 1.37 bits per heavy atom. The van der Waals surface area contributed by atoms with Crippen LogP contribution in [0.2, 0.25) is 0 Å². The van der Waals surface area contributed by atoms with E-state index in [9.17, 15) is 9.18 Å². The standard InChI is InChI=1S/C15H22FNO2/c1-5-19-14(18)15(4,10-11(2)3)17-13-8-6-12(16)7-9-13/h6-9,11,17H,5,10H2,1-4H3. The summed E-state index contributed by atoms with van der Waals surface area (Å²) in [5.74, 6) is -0.248. The minimum atomic E-state index is -0.804. The Kier molecular flexibility index (Phi) is 5.33. The summed E-state index contributed by atoms with van der Waals surface area (Å²) < 4.78 is 18.0. The second-order valence-corrected chi connectivity index (χ2v) is 5.28. The SMILES string of the molecule is CCOC(=O)C(C)(CC(C)C)Nc1ccc(F)cc1. The van der Waals surface area contributed by atoms with Crippen LogP contribution in [0.1, 0.15) is 34.1 Å². The van der Waals surface area contributed by atoms with Crippen LogP contribution >= 0.6 is 0 Å². The van der Waals surface area contributed by atoms with E-state index >= 15 is 0 Å². The van der Waals surface area contributed by atoms with Crippen LogP contribution in [-0.2, 0) is 9.53 Å². The van der Waals surface area contributed by atoms with Crippen molar-refractivity contribution < 1.29 is 13.9 Å². The number of carbonyl (C=O) groups excluding carboxylic acids is 1. The fourth-order valence-electron chi connectivity index (χ4n) is 2.14. The molecule has 1 aromatic carbocycles. The van der Waals surface area contributed by atoms with Crippen molar-refractivity contribution in [2.45, 2.75) is 39.7 Å². The fourth-order valence-corrected chi connectivity index (χ4v) is 2.14. The van der Waals surface area contributed by atoms with Gasteiger partial charge in [0.2, 0.25) is 0 Å². The highest BCUT2D eigenvalue weighted by Crippen LogP contribution is 2.24. The summed E-state index contributed by atoms with van der Waals surface area (Å²) in [5, 5.41) is 3.16. The van der Waals surface area contributed by atoms with Crippen LogP contribution in [0.3, 0.4) is 0 Å². The van der Waals surface area contributed by atoms with Crippen molar-refractivity contribution in [3.05, 3.63) is 30.1 Å². The monoisotopic (exact) mass is 267 g/mol. The van der Waals surface area contributed by atoms with Crippen molar-refractivity contribution in [1.29, 1.82) is 0 Å². The van der Waals surface area contributed by atoms with Crippen LogP contribution in [0.5, 0.6) is 0 Å². The molecule has 3 nitrogen and oxygen atoms in total. The van der Waals surface area contributed by atoms with Crippen molar-refractivity contribution in [2.24, 2.45) is 5.92 Å². The van der Waals surface area contributed by atoms with Gasteiger partial charge in [0.05, 0.1) is 6.61 Å². The van der Waals surface area contributed by atoms with Gasteiger partial charge in [0.15, 0.2) is 0 Å². The second kappa shape index (κ2) is 6.55. The van der Waals surface area contributed by atoms with E-state index in [1.54, 1.807) is 19.1 Å². The van der Waals surface area contributed by atoms with Crippen molar-refractivity contribution in [1.82, 2.24) is 0 Å². The van der Waals surface area contributed by atoms with E-state index in [0.29, 0.717) is 24.6 Å². The first-order valence-electron chi connectivity index (χ1n) is 6.58. The number of halogens is 1. The predicted octanol–water partition coefficient (Wildman–Crippen LogP) is 3.61. The van der Waals surface area contributed by atoms with Gasteiger partial charge in [-0.25, -0.2) is 9.18 Å². The summed E-state index contributed by atoms with van der Waals surface area (Å²) in [4.78, 5) is 12.1. The van der Waals surface area contributed by atoms with Crippen LogP contribution in [0.4, 0.5) is 10.1 Å². The number of nitrogens with one attached hydrogen (secondary N) is 1. The number of hydrogen-bond donors (Lipinski definition) is 1. The third-order valence-electron chi connectivity index (χ3n) is 2.81. The Morgan fingerprint density at radius 2 is 1.95 bits per heavy atom. The van der Waals surface area contributed by atoms with Crippen LogP contribution in [0.15, 0.2) is 24.3 Å². The van der Waals surface area contributed by atoms with E-state index < -0.39 is 5.54 Å². The van der Waals surface area contributed by atoms with E-state index in [1.807, 2.05) is 20.8 Å². The lowest BCUT2D eigenvalue weighted by Gasteiger charge is -2.31. The first kappa shape index (κ1) is 15.5. The molecule has 0 aromatic heterocycles. The zero-order chi connectivity index (χ0) is 14.5. The number of esters is 1. The van der Waals surface area contributed by atoms with Crippen molar-refractivity contribution in [3.63, 3.8) is 0 Å². The van der Waals surface area contributed by atoms with E-state index in [4.69, 9.17) is 4.74 Å². The van der Waals surface area contributed by atoms with Gasteiger partial charge < -0.3 is 10.1 Å². The maximum atomic E-state index is 12.9. The van der Waals surface area contributed by atoms with Crippen molar-refractivity contribution in [3.8, 4) is 0 Å². The zero-order valence-corrected chi connectivity index (χ0v) is 12.0. The molecule has 0 amide bonds. The lowest BCUT2D eigenvalue weighted by molar-refractivity contribution is -0.148. The van der Waals surface area contributed by atoms with Gasteiger partial charge in [-0.15, -0.1) is 0 Å². The number of ether oxygens (including phenoxy) is 1. The molecular weight excluding hydrogens is 245 g/mol. The predicted molar refractivity (Wildman–Crippen MR) is 74.5 cm³/mol. The molecular formula is C15H22FNO2. The molecule has 0 bridgehead atoms. The molecule has 1 rings (SSSR count). The molecule has 0 fully saturated rings. The zero-order valence-electron chi connectivity index (χ0n) is 12.0. The van der Waals surface area contributed by atoms with Crippen LogP contribution in [-0.4, -0.2) is 18.1 Å². The van der Waals surface area contributed by atoms with Gasteiger partial charge in [-0.05, 0) is 50.5 Å². The molecule has 0 aliphatic carbocycles. The summed E-state index contributed by atoms with van der Waals surface area (Å²) in [6, 6.07) is 5.97. The maximum absolute atomic E-state index is 12.9. The third-order valence-corrected chi connectivity index (χ3v) is 2.81. The van der Waals surface area contributed by atoms with Gasteiger partial charge in [0, 0.05) is 5.69 Å². The summed E-state index contributed by atoms with van der Waals surface area (Å²) in [6.07, 6.45) is 0.642. The van der Waals surface area contributed by atoms with Crippen LogP contribution < -0.4 is 5.32 Å². The Balaban J connectivity index is 2.90. The number of carbonyl (C=O) groups is 1. The second-order valence-electron chi connectivity index (χ2n) is 5.28. The molecule has 0 spiro atoms. The number of benzene rings is 1. The molecule has 19 heavy (non-hydrogen) atoms. The van der Waals surface area contributed by atoms with Crippen molar-refractivity contribution in [2.75, 3.05) is 11.9 Å². The third kappa shape index (κ3) is 4.54. The molecule has 1 unspecified atom stereocenters. The normalized spacial score (nSPS) is 14.0. The van der Waals surface area contributed by atoms with E-state index in [-0.39, 0.29) is 11.8 Å².